The van der Waals surface area contributed by atoms with Crippen molar-refractivity contribution in [3.8, 4) is 0 Å². The summed E-state index contributed by atoms with van der Waals surface area (Å²) in [5, 5.41) is 8.28. The predicted octanol–water partition coefficient (Wildman–Crippen LogP) is 2.54. The standard InChI is InChI=1S/C13H23N3S2/c1-9(13-10(2)15-16(4)11(13)3)14-12-7-17-5-6-18-8-12/h9,12,14H,5-8H2,1-4H3/t9-/m1/s1. The molecule has 0 bridgehead atoms. The second kappa shape index (κ2) is 6.35. The minimum atomic E-state index is 0.392. The Bertz CT molecular complexity index is 395. The van der Waals surface area contributed by atoms with Gasteiger partial charge in [0.15, 0.2) is 0 Å². The van der Waals surface area contributed by atoms with Gasteiger partial charge in [0.1, 0.15) is 0 Å². The van der Waals surface area contributed by atoms with Gasteiger partial charge in [-0.25, -0.2) is 0 Å². The summed E-state index contributed by atoms with van der Waals surface area (Å²) in [6.07, 6.45) is 0. The van der Waals surface area contributed by atoms with Gasteiger partial charge >= 0.3 is 0 Å². The molecular formula is C13H23N3S2. The van der Waals surface area contributed by atoms with Crippen molar-refractivity contribution in [2.75, 3.05) is 23.0 Å². The minimum Gasteiger partial charge on any atom is -0.306 e. The van der Waals surface area contributed by atoms with E-state index >= 15 is 0 Å². The smallest absolute Gasteiger partial charge is 0.0644 e. The molecule has 1 atom stereocenters. The third-order valence-electron chi connectivity index (χ3n) is 3.49. The van der Waals surface area contributed by atoms with Crippen molar-refractivity contribution in [3.63, 3.8) is 0 Å². The lowest BCUT2D eigenvalue weighted by Gasteiger charge is -2.22. The molecular weight excluding hydrogens is 262 g/mol. The van der Waals surface area contributed by atoms with Crippen LogP contribution in [0.15, 0.2) is 0 Å². The van der Waals surface area contributed by atoms with Gasteiger partial charge in [-0.3, -0.25) is 4.68 Å². The first kappa shape index (κ1) is 14.3. The molecule has 0 amide bonds. The normalized spacial score (nSPS) is 19.8. The molecule has 1 fully saturated rings. The average molecular weight is 285 g/mol. The third kappa shape index (κ3) is 3.25. The largest absolute Gasteiger partial charge is 0.306 e. The van der Waals surface area contributed by atoms with Gasteiger partial charge in [0.2, 0.25) is 0 Å². The lowest BCUT2D eigenvalue weighted by molar-refractivity contribution is 0.513. The Labute approximate surface area is 118 Å². The summed E-state index contributed by atoms with van der Waals surface area (Å²) < 4.78 is 1.99. The molecule has 0 unspecified atom stereocenters. The topological polar surface area (TPSA) is 29.9 Å². The van der Waals surface area contributed by atoms with E-state index < -0.39 is 0 Å². The first-order valence-corrected chi connectivity index (χ1v) is 8.82. The van der Waals surface area contributed by atoms with Crippen molar-refractivity contribution >= 4 is 23.5 Å². The number of hydrogen-bond acceptors (Lipinski definition) is 4. The van der Waals surface area contributed by atoms with Crippen molar-refractivity contribution < 1.29 is 0 Å². The summed E-state index contributed by atoms with van der Waals surface area (Å²) >= 11 is 4.14. The molecule has 1 aliphatic rings. The van der Waals surface area contributed by atoms with E-state index in [0.29, 0.717) is 12.1 Å². The summed E-state index contributed by atoms with van der Waals surface area (Å²) in [5.41, 5.74) is 3.81. The van der Waals surface area contributed by atoms with Crippen molar-refractivity contribution in [1.29, 1.82) is 0 Å². The van der Waals surface area contributed by atoms with E-state index in [1.54, 1.807) is 0 Å². The molecule has 5 heteroatoms. The maximum atomic E-state index is 4.51. The monoisotopic (exact) mass is 285 g/mol. The van der Waals surface area contributed by atoms with Gasteiger partial charge < -0.3 is 5.32 Å². The Balaban J connectivity index is 2.04. The summed E-state index contributed by atoms with van der Waals surface area (Å²) in [4.78, 5) is 0. The summed E-state index contributed by atoms with van der Waals surface area (Å²) in [7, 11) is 2.02. The number of thioether (sulfide) groups is 2. The Morgan fingerprint density at radius 2 is 1.89 bits per heavy atom. The van der Waals surface area contributed by atoms with Gasteiger partial charge in [0.05, 0.1) is 5.69 Å². The van der Waals surface area contributed by atoms with Gasteiger partial charge in [0, 0.05) is 53.4 Å². The first-order chi connectivity index (χ1) is 8.59. The number of aryl methyl sites for hydroxylation is 2. The number of aromatic nitrogens is 2. The van der Waals surface area contributed by atoms with Crippen molar-refractivity contribution in [2.45, 2.75) is 32.9 Å². The molecule has 0 saturated carbocycles. The summed E-state index contributed by atoms with van der Waals surface area (Å²) in [6, 6.07) is 1.01. The van der Waals surface area contributed by atoms with E-state index in [2.05, 4.69) is 54.7 Å². The highest BCUT2D eigenvalue weighted by Crippen LogP contribution is 2.23. The van der Waals surface area contributed by atoms with Crippen molar-refractivity contribution in [3.05, 3.63) is 17.0 Å². The van der Waals surface area contributed by atoms with Gasteiger partial charge in [0.25, 0.3) is 0 Å². The van der Waals surface area contributed by atoms with Crippen LogP contribution in [0.25, 0.3) is 0 Å². The van der Waals surface area contributed by atoms with Crippen molar-refractivity contribution in [1.82, 2.24) is 15.1 Å². The second-order valence-corrected chi connectivity index (χ2v) is 7.24. The lowest BCUT2D eigenvalue weighted by atomic mass is 10.1. The quantitative estimate of drug-likeness (QED) is 0.924. The van der Waals surface area contributed by atoms with Gasteiger partial charge in [-0.1, -0.05) is 0 Å². The summed E-state index contributed by atoms with van der Waals surface area (Å²) in [6.45, 7) is 6.53. The van der Waals surface area contributed by atoms with Crippen LogP contribution in [0.5, 0.6) is 0 Å². The van der Waals surface area contributed by atoms with Crippen LogP contribution in [0.3, 0.4) is 0 Å². The molecule has 0 radical (unpaired) electrons. The average Bonchev–Trinajstić information content (AvgIpc) is 2.52. The third-order valence-corrected chi connectivity index (χ3v) is 6.01. The molecule has 1 N–H and O–H groups in total. The van der Waals surface area contributed by atoms with Crippen LogP contribution < -0.4 is 5.32 Å². The molecule has 2 heterocycles. The summed E-state index contributed by atoms with van der Waals surface area (Å²) in [5.74, 6) is 5.05. The fourth-order valence-electron chi connectivity index (χ4n) is 2.57. The molecule has 1 aliphatic heterocycles. The Morgan fingerprint density at radius 1 is 1.28 bits per heavy atom. The molecule has 102 valence electrons. The first-order valence-electron chi connectivity index (χ1n) is 6.51. The van der Waals surface area contributed by atoms with Crippen LogP contribution in [0, 0.1) is 13.8 Å². The number of rotatable bonds is 3. The zero-order valence-electron chi connectivity index (χ0n) is 11.7. The molecule has 1 aromatic heterocycles. The van der Waals surface area contributed by atoms with Crippen LogP contribution >= 0.6 is 23.5 Å². The van der Waals surface area contributed by atoms with E-state index in [9.17, 15) is 0 Å². The SMILES string of the molecule is Cc1nn(C)c(C)c1[C@@H](C)NC1CSCCSC1. The molecule has 2 rings (SSSR count). The zero-order chi connectivity index (χ0) is 13.1. The van der Waals surface area contributed by atoms with Crippen LogP contribution in [0.2, 0.25) is 0 Å². The molecule has 0 spiro atoms. The number of hydrogen-bond donors (Lipinski definition) is 1. The molecule has 0 aromatic carbocycles. The van der Waals surface area contributed by atoms with E-state index in [1.807, 2.05) is 11.7 Å². The van der Waals surface area contributed by atoms with Crippen LogP contribution in [0.4, 0.5) is 0 Å². The predicted molar refractivity (Wildman–Crippen MR) is 82.7 cm³/mol. The molecule has 0 aliphatic carbocycles. The van der Waals surface area contributed by atoms with Crippen LogP contribution in [-0.2, 0) is 7.05 Å². The minimum absolute atomic E-state index is 0.392. The number of nitrogens with one attached hydrogen (secondary N) is 1. The van der Waals surface area contributed by atoms with Gasteiger partial charge in [-0.2, -0.15) is 28.6 Å². The van der Waals surface area contributed by atoms with Gasteiger partial charge in [-0.05, 0) is 20.8 Å². The van der Waals surface area contributed by atoms with E-state index in [1.165, 1.54) is 34.3 Å². The van der Waals surface area contributed by atoms with E-state index in [-0.39, 0.29) is 0 Å². The Morgan fingerprint density at radius 3 is 2.39 bits per heavy atom. The molecule has 3 nitrogen and oxygen atoms in total. The lowest BCUT2D eigenvalue weighted by Crippen LogP contribution is -2.35. The molecule has 1 saturated heterocycles. The number of nitrogens with zero attached hydrogens (tertiary/aromatic N) is 2. The fourth-order valence-corrected chi connectivity index (χ4v) is 4.99. The van der Waals surface area contributed by atoms with Crippen molar-refractivity contribution in [2.24, 2.45) is 7.05 Å². The maximum absolute atomic E-state index is 4.51. The zero-order valence-corrected chi connectivity index (χ0v) is 13.3. The molecule has 18 heavy (non-hydrogen) atoms. The highest BCUT2D eigenvalue weighted by atomic mass is 32.2. The highest BCUT2D eigenvalue weighted by molar-refractivity contribution is 8.03. The highest BCUT2D eigenvalue weighted by Gasteiger charge is 2.20. The van der Waals surface area contributed by atoms with E-state index in [0.717, 1.165) is 5.69 Å². The maximum Gasteiger partial charge on any atom is 0.0644 e. The Hall–Kier alpha value is -0.130. The second-order valence-electron chi connectivity index (χ2n) is 4.94. The van der Waals surface area contributed by atoms with Gasteiger partial charge in [-0.15, -0.1) is 0 Å². The van der Waals surface area contributed by atoms with Crippen LogP contribution in [-0.4, -0.2) is 38.8 Å². The Kier molecular flexibility index (Phi) is 5.04. The van der Waals surface area contributed by atoms with E-state index in [4.69, 9.17) is 0 Å². The molecule has 1 aromatic rings. The fraction of sp³-hybridized carbons (Fsp3) is 0.769. The van der Waals surface area contributed by atoms with Crippen LogP contribution in [0.1, 0.15) is 29.9 Å².